The highest BCUT2D eigenvalue weighted by Crippen LogP contribution is 2.36. The van der Waals surface area contributed by atoms with Gasteiger partial charge in [0.2, 0.25) is 10.0 Å². The third kappa shape index (κ3) is 3.81. The number of anilines is 1. The molecule has 1 saturated heterocycles. The highest BCUT2D eigenvalue weighted by atomic mass is 32.2. The lowest BCUT2D eigenvalue weighted by Gasteiger charge is -2.32. The van der Waals surface area contributed by atoms with E-state index in [0.29, 0.717) is 17.2 Å². The Morgan fingerprint density at radius 1 is 1.03 bits per heavy atom. The van der Waals surface area contributed by atoms with Crippen molar-refractivity contribution in [2.24, 2.45) is 0 Å². The first kappa shape index (κ1) is 21.4. The maximum absolute atomic E-state index is 13.0. The number of hydrogen-bond donors (Lipinski definition) is 1. The largest absolute Gasteiger partial charge is 0.298 e. The molecule has 0 aliphatic carbocycles. The fourth-order valence-electron chi connectivity index (χ4n) is 4.05. The molecule has 2 aromatic heterocycles. The molecule has 7 nitrogen and oxygen atoms in total. The average Bonchev–Trinajstić information content (AvgIpc) is 3.36. The third-order valence-electron chi connectivity index (χ3n) is 5.70. The van der Waals surface area contributed by atoms with Gasteiger partial charge in [0.25, 0.3) is 5.91 Å². The van der Waals surface area contributed by atoms with Gasteiger partial charge in [0, 0.05) is 18.2 Å². The summed E-state index contributed by atoms with van der Waals surface area (Å²) in [4.78, 5) is 22.0. The van der Waals surface area contributed by atoms with Crippen molar-refractivity contribution in [3.63, 3.8) is 0 Å². The highest BCUT2D eigenvalue weighted by Gasteiger charge is 2.31. The summed E-state index contributed by atoms with van der Waals surface area (Å²) in [5.74, 6) is -0.323. The number of sulfonamides is 1. The first-order valence-corrected chi connectivity index (χ1v) is 13.5. The molecule has 1 fully saturated rings. The molecule has 0 bridgehead atoms. The maximum Gasteiger partial charge on any atom is 0.257 e. The monoisotopic (exact) mass is 486 g/mol. The molecule has 1 N–H and O–H groups in total. The lowest BCUT2D eigenvalue weighted by atomic mass is 10.1. The van der Waals surface area contributed by atoms with Gasteiger partial charge in [-0.15, -0.1) is 11.3 Å². The van der Waals surface area contributed by atoms with Crippen LogP contribution in [0.4, 0.5) is 5.13 Å². The summed E-state index contributed by atoms with van der Waals surface area (Å²) in [7, 11) is -3.56. The molecule has 2 aromatic carbocycles. The van der Waals surface area contributed by atoms with Crippen LogP contribution in [0.2, 0.25) is 0 Å². The van der Waals surface area contributed by atoms with Crippen molar-refractivity contribution in [3.05, 3.63) is 47.0 Å². The second-order valence-corrected chi connectivity index (χ2v) is 12.0. The van der Waals surface area contributed by atoms with Crippen molar-refractivity contribution in [2.75, 3.05) is 11.9 Å². The Morgan fingerprint density at radius 3 is 2.44 bits per heavy atom. The molecule has 1 atom stereocenters. The minimum Gasteiger partial charge on any atom is -0.298 e. The Balaban J connectivity index is 1.36. The van der Waals surface area contributed by atoms with Crippen LogP contribution in [0.25, 0.3) is 20.4 Å². The molecule has 3 heterocycles. The Labute approximate surface area is 194 Å². The zero-order valence-electron chi connectivity index (χ0n) is 17.7. The number of benzene rings is 2. The van der Waals surface area contributed by atoms with Gasteiger partial charge in [0.1, 0.15) is 0 Å². The summed E-state index contributed by atoms with van der Waals surface area (Å²) in [6.45, 7) is 4.45. The molecular weight excluding hydrogens is 464 g/mol. The number of piperidine rings is 1. The Kier molecular flexibility index (Phi) is 5.48. The minimum atomic E-state index is -3.56. The number of nitrogens with one attached hydrogen (secondary N) is 1. The van der Waals surface area contributed by atoms with Gasteiger partial charge in [0.05, 0.1) is 30.3 Å². The van der Waals surface area contributed by atoms with Crippen LogP contribution in [0.3, 0.4) is 0 Å². The van der Waals surface area contributed by atoms with E-state index in [1.165, 1.54) is 23.5 Å². The van der Waals surface area contributed by atoms with Crippen LogP contribution >= 0.6 is 22.7 Å². The standard InChI is InChI=1S/C22H22N4O3S3/c1-13-5-3-4-12-26(13)32(28,29)16-8-6-15(7-9-16)21(27)25-22-24-18-11-10-17-19(20(18)31-22)30-14(2)23-17/h6-11,13H,3-5,12H2,1-2H3,(H,24,25,27)/t13-/m1/s1. The number of amides is 1. The lowest BCUT2D eigenvalue weighted by molar-refractivity contribution is 0.102. The molecule has 0 unspecified atom stereocenters. The van der Waals surface area contributed by atoms with Crippen molar-refractivity contribution in [1.82, 2.24) is 14.3 Å². The van der Waals surface area contributed by atoms with E-state index in [4.69, 9.17) is 0 Å². The summed E-state index contributed by atoms with van der Waals surface area (Å²) in [6, 6.07) is 9.95. The predicted molar refractivity (Wildman–Crippen MR) is 129 cm³/mol. The molecular formula is C22H22N4O3S3. The van der Waals surface area contributed by atoms with E-state index >= 15 is 0 Å². The van der Waals surface area contributed by atoms with E-state index in [-0.39, 0.29) is 16.8 Å². The molecule has 0 saturated carbocycles. The molecule has 32 heavy (non-hydrogen) atoms. The number of carbonyl (C=O) groups excluding carboxylic acids is 1. The van der Waals surface area contributed by atoms with Crippen molar-refractivity contribution < 1.29 is 13.2 Å². The Morgan fingerprint density at radius 2 is 1.72 bits per heavy atom. The van der Waals surface area contributed by atoms with Gasteiger partial charge in [-0.25, -0.2) is 18.4 Å². The van der Waals surface area contributed by atoms with Crippen LogP contribution in [0.5, 0.6) is 0 Å². The van der Waals surface area contributed by atoms with Crippen molar-refractivity contribution in [2.45, 2.75) is 44.0 Å². The lowest BCUT2D eigenvalue weighted by Crippen LogP contribution is -2.41. The molecule has 166 valence electrons. The van der Waals surface area contributed by atoms with Crippen LogP contribution in [-0.4, -0.2) is 41.2 Å². The fourth-order valence-corrected chi connectivity index (χ4v) is 7.75. The van der Waals surface area contributed by atoms with Gasteiger partial charge in [-0.3, -0.25) is 10.1 Å². The Bertz CT molecular complexity index is 1420. The number of hydrogen-bond acceptors (Lipinski definition) is 7. The van der Waals surface area contributed by atoms with E-state index in [0.717, 1.165) is 44.7 Å². The topological polar surface area (TPSA) is 92.3 Å². The van der Waals surface area contributed by atoms with Crippen LogP contribution in [-0.2, 0) is 10.0 Å². The third-order valence-corrected chi connectivity index (χ3v) is 9.87. The summed E-state index contributed by atoms with van der Waals surface area (Å²) in [5, 5.41) is 4.33. The predicted octanol–water partition coefficient (Wildman–Crippen LogP) is 5.03. The van der Waals surface area contributed by atoms with Gasteiger partial charge in [-0.2, -0.15) is 4.31 Å². The van der Waals surface area contributed by atoms with E-state index in [1.54, 1.807) is 27.8 Å². The normalized spacial score (nSPS) is 17.8. The Hall–Kier alpha value is -2.40. The first-order valence-electron chi connectivity index (χ1n) is 10.4. The number of aryl methyl sites for hydroxylation is 1. The summed E-state index contributed by atoms with van der Waals surface area (Å²) in [5.41, 5.74) is 2.13. The SMILES string of the molecule is Cc1nc2ccc3nc(NC(=O)c4ccc(S(=O)(=O)N5CCCC[C@H]5C)cc4)sc3c2s1. The number of rotatable bonds is 4. The molecule has 0 radical (unpaired) electrons. The molecule has 4 aromatic rings. The van der Waals surface area contributed by atoms with Gasteiger partial charge >= 0.3 is 0 Å². The van der Waals surface area contributed by atoms with E-state index < -0.39 is 10.0 Å². The number of aromatic nitrogens is 2. The molecule has 0 spiro atoms. The van der Waals surface area contributed by atoms with Crippen LogP contribution in [0.15, 0.2) is 41.3 Å². The van der Waals surface area contributed by atoms with E-state index in [9.17, 15) is 13.2 Å². The minimum absolute atomic E-state index is 0.00967. The second-order valence-electron chi connectivity index (χ2n) is 7.95. The van der Waals surface area contributed by atoms with Gasteiger partial charge in [-0.1, -0.05) is 17.8 Å². The number of carbonyl (C=O) groups is 1. The zero-order chi connectivity index (χ0) is 22.5. The smallest absolute Gasteiger partial charge is 0.257 e. The summed E-state index contributed by atoms with van der Waals surface area (Å²) >= 11 is 3.03. The maximum atomic E-state index is 13.0. The summed E-state index contributed by atoms with van der Waals surface area (Å²) < 4.78 is 29.6. The van der Waals surface area contributed by atoms with E-state index in [1.807, 2.05) is 26.0 Å². The molecule has 5 rings (SSSR count). The van der Waals surface area contributed by atoms with Gasteiger partial charge < -0.3 is 0 Å². The molecule has 1 aliphatic heterocycles. The average molecular weight is 487 g/mol. The highest BCUT2D eigenvalue weighted by molar-refractivity contribution is 7.89. The zero-order valence-corrected chi connectivity index (χ0v) is 20.1. The van der Waals surface area contributed by atoms with E-state index in [2.05, 4.69) is 15.3 Å². The van der Waals surface area contributed by atoms with Crippen molar-refractivity contribution in [3.8, 4) is 0 Å². The van der Waals surface area contributed by atoms with Crippen molar-refractivity contribution >= 4 is 64.2 Å². The van der Waals surface area contributed by atoms with Crippen LogP contribution < -0.4 is 5.32 Å². The number of thiazole rings is 2. The molecule has 1 aliphatic rings. The quantitative estimate of drug-likeness (QED) is 0.437. The fraction of sp³-hybridized carbons (Fsp3) is 0.318. The first-order chi connectivity index (χ1) is 15.3. The van der Waals surface area contributed by atoms with Gasteiger partial charge in [-0.05, 0) is 63.1 Å². The second kappa shape index (κ2) is 8.18. The van der Waals surface area contributed by atoms with Gasteiger partial charge in [0.15, 0.2) is 5.13 Å². The van der Waals surface area contributed by atoms with Crippen molar-refractivity contribution in [1.29, 1.82) is 0 Å². The number of nitrogens with zero attached hydrogens (tertiary/aromatic N) is 3. The van der Waals surface area contributed by atoms with Crippen LogP contribution in [0.1, 0.15) is 41.6 Å². The molecule has 1 amide bonds. The van der Waals surface area contributed by atoms with Crippen LogP contribution in [0, 0.1) is 6.92 Å². The number of fused-ring (bicyclic) bond motifs is 3. The summed E-state index contributed by atoms with van der Waals surface area (Å²) in [6.07, 6.45) is 2.79. The molecule has 10 heteroatoms.